The number of hydrogen-bond acceptors (Lipinski definition) is 3. The van der Waals surface area contributed by atoms with Crippen LogP contribution in [0.4, 0.5) is 4.39 Å². The van der Waals surface area contributed by atoms with Gasteiger partial charge < -0.3 is 5.73 Å². The van der Waals surface area contributed by atoms with E-state index in [0.29, 0.717) is 16.8 Å². The number of nitriles is 1. The van der Waals surface area contributed by atoms with E-state index in [0.717, 1.165) is 5.56 Å². The summed E-state index contributed by atoms with van der Waals surface area (Å²) in [6.45, 7) is 0. The van der Waals surface area contributed by atoms with Gasteiger partial charge in [-0.2, -0.15) is 5.26 Å². The molecule has 2 aromatic carbocycles. The Morgan fingerprint density at radius 2 is 1.80 bits per heavy atom. The van der Waals surface area contributed by atoms with Crippen LogP contribution in [-0.4, -0.2) is 10.9 Å². The summed E-state index contributed by atoms with van der Waals surface area (Å²) in [5, 5.41) is 8.83. The average molecular weight is 331 g/mol. The number of halogens is 1. The number of primary amides is 1. The van der Waals surface area contributed by atoms with Gasteiger partial charge in [-0.05, 0) is 41.0 Å². The lowest BCUT2D eigenvalue weighted by Gasteiger charge is -2.14. The number of carbonyl (C=O) groups excluding carboxylic acids is 1. The molecule has 122 valence electrons. The fourth-order valence-electron chi connectivity index (χ4n) is 2.70. The second-order valence-electron chi connectivity index (χ2n) is 5.52. The summed E-state index contributed by atoms with van der Waals surface area (Å²) >= 11 is 0. The number of benzene rings is 2. The van der Waals surface area contributed by atoms with Gasteiger partial charge in [0.1, 0.15) is 17.8 Å². The SMILES string of the molecule is N#Cc1ccc(-c2ccnc(C(C(N)=O)c3ccccc3)c2)cc1F. The molecule has 25 heavy (non-hydrogen) atoms. The molecule has 0 saturated carbocycles. The van der Waals surface area contributed by atoms with Crippen molar-refractivity contribution in [2.75, 3.05) is 0 Å². The third-order valence-electron chi connectivity index (χ3n) is 3.92. The maximum atomic E-state index is 13.9. The molecule has 0 bridgehead atoms. The van der Waals surface area contributed by atoms with Crippen LogP contribution < -0.4 is 5.73 Å². The number of nitrogens with two attached hydrogens (primary N) is 1. The molecule has 3 aromatic rings. The normalized spacial score (nSPS) is 11.5. The maximum absolute atomic E-state index is 13.9. The van der Waals surface area contributed by atoms with Crippen LogP contribution in [0.3, 0.4) is 0 Å². The fourth-order valence-corrected chi connectivity index (χ4v) is 2.70. The molecule has 0 aliphatic carbocycles. The molecule has 1 amide bonds. The highest BCUT2D eigenvalue weighted by Crippen LogP contribution is 2.27. The van der Waals surface area contributed by atoms with E-state index < -0.39 is 17.6 Å². The van der Waals surface area contributed by atoms with Gasteiger partial charge in [0, 0.05) is 6.20 Å². The number of pyridine rings is 1. The highest BCUT2D eigenvalue weighted by molar-refractivity contribution is 5.85. The van der Waals surface area contributed by atoms with E-state index in [1.807, 2.05) is 30.3 Å². The molecule has 1 aromatic heterocycles. The molecule has 0 aliphatic heterocycles. The third kappa shape index (κ3) is 3.38. The van der Waals surface area contributed by atoms with E-state index >= 15 is 0 Å². The van der Waals surface area contributed by atoms with E-state index in [1.165, 1.54) is 12.1 Å². The van der Waals surface area contributed by atoms with E-state index in [4.69, 9.17) is 11.0 Å². The molecule has 0 saturated heterocycles. The highest BCUT2D eigenvalue weighted by Gasteiger charge is 2.22. The van der Waals surface area contributed by atoms with Crippen LogP contribution >= 0.6 is 0 Å². The molecule has 0 aliphatic rings. The van der Waals surface area contributed by atoms with Gasteiger partial charge in [0.25, 0.3) is 0 Å². The van der Waals surface area contributed by atoms with Crippen LogP contribution in [0.2, 0.25) is 0 Å². The lowest BCUT2D eigenvalue weighted by Crippen LogP contribution is -2.23. The molecule has 1 atom stereocenters. The first kappa shape index (κ1) is 16.3. The summed E-state index contributed by atoms with van der Waals surface area (Å²) in [6, 6.07) is 18.7. The zero-order chi connectivity index (χ0) is 17.8. The van der Waals surface area contributed by atoms with E-state index in [2.05, 4.69) is 4.98 Å². The molecule has 3 rings (SSSR count). The number of aromatic nitrogens is 1. The van der Waals surface area contributed by atoms with Crippen molar-refractivity contribution in [2.45, 2.75) is 5.92 Å². The van der Waals surface area contributed by atoms with Crippen molar-refractivity contribution in [3.05, 3.63) is 89.5 Å². The Balaban J connectivity index is 2.05. The summed E-state index contributed by atoms with van der Waals surface area (Å²) < 4.78 is 13.9. The molecule has 5 heteroatoms. The lowest BCUT2D eigenvalue weighted by molar-refractivity contribution is -0.118. The Kier molecular flexibility index (Phi) is 4.53. The summed E-state index contributed by atoms with van der Waals surface area (Å²) in [5.41, 5.74) is 8.07. The van der Waals surface area contributed by atoms with Gasteiger partial charge >= 0.3 is 0 Å². The highest BCUT2D eigenvalue weighted by atomic mass is 19.1. The first-order chi connectivity index (χ1) is 12.1. The number of hydrogen-bond donors (Lipinski definition) is 1. The van der Waals surface area contributed by atoms with Crippen molar-refractivity contribution in [1.82, 2.24) is 4.98 Å². The average Bonchev–Trinajstić information content (AvgIpc) is 2.63. The smallest absolute Gasteiger partial charge is 0.231 e. The van der Waals surface area contributed by atoms with E-state index in [1.54, 1.807) is 30.5 Å². The predicted octanol–water partition coefficient (Wildman–Crippen LogP) is 3.38. The van der Waals surface area contributed by atoms with Gasteiger partial charge in [0.05, 0.1) is 11.3 Å². The van der Waals surface area contributed by atoms with E-state index in [9.17, 15) is 9.18 Å². The van der Waals surface area contributed by atoms with Crippen LogP contribution in [0.5, 0.6) is 0 Å². The monoisotopic (exact) mass is 331 g/mol. The molecule has 2 N–H and O–H groups in total. The van der Waals surface area contributed by atoms with Crippen molar-refractivity contribution in [1.29, 1.82) is 5.26 Å². The molecular formula is C20H14FN3O. The molecule has 0 radical (unpaired) electrons. The number of carbonyl (C=O) groups is 1. The molecule has 0 spiro atoms. The van der Waals surface area contributed by atoms with Crippen molar-refractivity contribution >= 4 is 5.91 Å². The van der Waals surface area contributed by atoms with Gasteiger partial charge in [-0.15, -0.1) is 0 Å². The zero-order valence-electron chi connectivity index (χ0n) is 13.2. The lowest BCUT2D eigenvalue weighted by atomic mass is 9.92. The molecule has 1 heterocycles. The summed E-state index contributed by atoms with van der Waals surface area (Å²) in [5.74, 6) is -1.79. The number of nitrogens with zero attached hydrogens (tertiary/aromatic N) is 2. The third-order valence-corrected chi connectivity index (χ3v) is 3.92. The van der Waals surface area contributed by atoms with Gasteiger partial charge in [-0.25, -0.2) is 4.39 Å². The summed E-state index contributed by atoms with van der Waals surface area (Å²) in [7, 11) is 0. The Labute approximate surface area is 144 Å². The number of rotatable bonds is 4. The molecule has 1 unspecified atom stereocenters. The maximum Gasteiger partial charge on any atom is 0.231 e. The first-order valence-electron chi connectivity index (χ1n) is 7.60. The Morgan fingerprint density at radius 1 is 1.08 bits per heavy atom. The van der Waals surface area contributed by atoms with Crippen LogP contribution in [0.25, 0.3) is 11.1 Å². The topological polar surface area (TPSA) is 79.8 Å². The molecular weight excluding hydrogens is 317 g/mol. The van der Waals surface area contributed by atoms with Crippen molar-refractivity contribution < 1.29 is 9.18 Å². The Bertz CT molecular complexity index is 964. The second-order valence-corrected chi connectivity index (χ2v) is 5.52. The van der Waals surface area contributed by atoms with Gasteiger partial charge in [-0.3, -0.25) is 9.78 Å². The standard InChI is InChI=1S/C20H14FN3O/c21-17-10-14(6-7-16(17)12-22)15-8-9-24-18(11-15)19(20(23)25)13-4-2-1-3-5-13/h1-11,19H,(H2,23,25). The van der Waals surface area contributed by atoms with Gasteiger partial charge in [0.2, 0.25) is 5.91 Å². The summed E-state index contributed by atoms with van der Waals surface area (Å²) in [4.78, 5) is 16.2. The van der Waals surface area contributed by atoms with Crippen LogP contribution in [-0.2, 0) is 4.79 Å². The Morgan fingerprint density at radius 3 is 2.44 bits per heavy atom. The van der Waals surface area contributed by atoms with Crippen molar-refractivity contribution in [3.8, 4) is 17.2 Å². The minimum Gasteiger partial charge on any atom is -0.369 e. The predicted molar refractivity (Wildman–Crippen MR) is 91.8 cm³/mol. The fraction of sp³-hybridized carbons (Fsp3) is 0.0500. The minimum atomic E-state index is -0.690. The van der Waals surface area contributed by atoms with Crippen molar-refractivity contribution in [3.63, 3.8) is 0 Å². The van der Waals surface area contributed by atoms with Gasteiger partial charge in [-0.1, -0.05) is 36.4 Å². The largest absolute Gasteiger partial charge is 0.369 e. The van der Waals surface area contributed by atoms with Crippen molar-refractivity contribution in [2.24, 2.45) is 5.73 Å². The van der Waals surface area contributed by atoms with Gasteiger partial charge in [0.15, 0.2) is 0 Å². The molecule has 4 nitrogen and oxygen atoms in total. The Hall–Kier alpha value is -3.52. The van der Waals surface area contributed by atoms with E-state index in [-0.39, 0.29) is 5.56 Å². The minimum absolute atomic E-state index is 0.0164. The van der Waals surface area contributed by atoms with Crippen LogP contribution in [0.1, 0.15) is 22.7 Å². The quantitative estimate of drug-likeness (QED) is 0.796. The zero-order valence-corrected chi connectivity index (χ0v) is 13.2. The van der Waals surface area contributed by atoms with Crippen LogP contribution in [0, 0.1) is 17.1 Å². The second kappa shape index (κ2) is 6.93. The summed E-state index contributed by atoms with van der Waals surface area (Å²) in [6.07, 6.45) is 1.56. The number of amides is 1. The first-order valence-corrected chi connectivity index (χ1v) is 7.60. The molecule has 0 fully saturated rings. The van der Waals surface area contributed by atoms with Crippen LogP contribution in [0.15, 0.2) is 66.9 Å².